The van der Waals surface area contributed by atoms with Gasteiger partial charge in [-0.05, 0) is 42.9 Å². The number of hydrogen-bond donors (Lipinski definition) is 1. The predicted molar refractivity (Wildman–Crippen MR) is 69.8 cm³/mol. The van der Waals surface area contributed by atoms with Crippen LogP contribution in [0.25, 0.3) is 0 Å². The van der Waals surface area contributed by atoms with E-state index in [0.29, 0.717) is 12.5 Å². The lowest BCUT2D eigenvalue weighted by Gasteiger charge is -2.16. The van der Waals surface area contributed by atoms with Crippen LogP contribution in [0.5, 0.6) is 0 Å². The molecule has 1 saturated carbocycles. The molecule has 1 fully saturated rings. The standard InChI is InChI=1S/C15H20FNO/c1-2-3-12(10-15(18)17-14-8-9-14)11-4-6-13(16)7-5-11/h4-7,12,14H,2-3,8-10H2,1H3,(H,17,18). The number of benzene rings is 1. The first-order valence-electron chi connectivity index (χ1n) is 6.74. The molecule has 1 aromatic rings. The summed E-state index contributed by atoms with van der Waals surface area (Å²) in [5.74, 6) is 0.103. The molecule has 1 atom stereocenters. The molecule has 1 aliphatic rings. The molecule has 0 aromatic heterocycles. The summed E-state index contributed by atoms with van der Waals surface area (Å²) in [6.07, 6.45) is 4.72. The Kier molecular flexibility index (Phi) is 4.34. The van der Waals surface area contributed by atoms with E-state index in [1.165, 1.54) is 12.1 Å². The van der Waals surface area contributed by atoms with Gasteiger partial charge in [-0.3, -0.25) is 4.79 Å². The van der Waals surface area contributed by atoms with Gasteiger partial charge in [0.05, 0.1) is 0 Å². The number of amides is 1. The van der Waals surface area contributed by atoms with Crippen molar-refractivity contribution in [2.75, 3.05) is 0 Å². The maximum Gasteiger partial charge on any atom is 0.220 e. The third-order valence-corrected chi connectivity index (χ3v) is 3.35. The normalized spacial score (nSPS) is 16.3. The average molecular weight is 249 g/mol. The molecule has 2 nitrogen and oxygen atoms in total. The van der Waals surface area contributed by atoms with Crippen molar-refractivity contribution < 1.29 is 9.18 Å². The fourth-order valence-corrected chi connectivity index (χ4v) is 2.21. The SMILES string of the molecule is CCCC(CC(=O)NC1CC1)c1ccc(F)cc1. The minimum Gasteiger partial charge on any atom is -0.353 e. The van der Waals surface area contributed by atoms with Gasteiger partial charge in [-0.1, -0.05) is 25.5 Å². The van der Waals surface area contributed by atoms with Crippen LogP contribution in [0.2, 0.25) is 0 Å². The first-order chi connectivity index (χ1) is 8.69. The van der Waals surface area contributed by atoms with Gasteiger partial charge < -0.3 is 5.32 Å². The fraction of sp³-hybridized carbons (Fsp3) is 0.533. The van der Waals surface area contributed by atoms with Crippen molar-refractivity contribution in [2.45, 2.75) is 51.0 Å². The summed E-state index contributed by atoms with van der Waals surface area (Å²) >= 11 is 0. The van der Waals surface area contributed by atoms with Gasteiger partial charge in [-0.2, -0.15) is 0 Å². The summed E-state index contributed by atoms with van der Waals surface area (Å²) in [6.45, 7) is 2.11. The minimum absolute atomic E-state index is 0.125. The Hall–Kier alpha value is -1.38. The highest BCUT2D eigenvalue weighted by Crippen LogP contribution is 2.26. The topological polar surface area (TPSA) is 29.1 Å². The fourth-order valence-electron chi connectivity index (χ4n) is 2.21. The molecule has 0 radical (unpaired) electrons. The van der Waals surface area contributed by atoms with E-state index in [-0.39, 0.29) is 17.6 Å². The molecule has 1 aliphatic carbocycles. The number of carbonyl (C=O) groups is 1. The molecule has 0 bridgehead atoms. The van der Waals surface area contributed by atoms with Gasteiger partial charge in [-0.15, -0.1) is 0 Å². The highest BCUT2D eigenvalue weighted by Gasteiger charge is 2.24. The van der Waals surface area contributed by atoms with Crippen LogP contribution in [0.15, 0.2) is 24.3 Å². The number of hydrogen-bond acceptors (Lipinski definition) is 1. The summed E-state index contributed by atoms with van der Waals surface area (Å²) in [6, 6.07) is 6.93. The highest BCUT2D eigenvalue weighted by molar-refractivity contribution is 5.77. The van der Waals surface area contributed by atoms with Gasteiger partial charge in [0, 0.05) is 12.5 Å². The predicted octanol–water partition coefficient (Wildman–Crippen LogP) is 3.38. The number of rotatable bonds is 6. The molecule has 0 aliphatic heterocycles. The molecule has 2 rings (SSSR count). The Morgan fingerprint density at radius 2 is 2.06 bits per heavy atom. The summed E-state index contributed by atoms with van der Waals surface area (Å²) in [5.41, 5.74) is 1.06. The summed E-state index contributed by atoms with van der Waals surface area (Å²) in [4.78, 5) is 11.8. The maximum absolute atomic E-state index is 12.9. The Balaban J connectivity index is 1.97. The summed E-state index contributed by atoms with van der Waals surface area (Å²) in [7, 11) is 0. The Bertz CT molecular complexity index is 397. The quantitative estimate of drug-likeness (QED) is 0.822. The summed E-state index contributed by atoms with van der Waals surface area (Å²) in [5, 5.41) is 3.01. The largest absolute Gasteiger partial charge is 0.353 e. The van der Waals surface area contributed by atoms with Gasteiger partial charge in [0.25, 0.3) is 0 Å². The molecule has 98 valence electrons. The van der Waals surface area contributed by atoms with Crippen molar-refractivity contribution in [3.05, 3.63) is 35.6 Å². The highest BCUT2D eigenvalue weighted by atomic mass is 19.1. The number of carbonyl (C=O) groups excluding carboxylic acids is 1. The molecule has 18 heavy (non-hydrogen) atoms. The minimum atomic E-state index is -0.226. The maximum atomic E-state index is 12.9. The average Bonchev–Trinajstić information content (AvgIpc) is 3.13. The molecule has 1 amide bonds. The molecule has 3 heteroatoms. The van der Waals surface area contributed by atoms with Crippen molar-refractivity contribution in [3.63, 3.8) is 0 Å². The van der Waals surface area contributed by atoms with E-state index in [9.17, 15) is 9.18 Å². The van der Waals surface area contributed by atoms with E-state index in [4.69, 9.17) is 0 Å². The molecular formula is C15H20FNO. The Labute approximate surface area is 108 Å². The van der Waals surface area contributed by atoms with E-state index in [1.54, 1.807) is 12.1 Å². The Morgan fingerprint density at radius 1 is 1.39 bits per heavy atom. The number of nitrogens with one attached hydrogen (secondary N) is 1. The lowest BCUT2D eigenvalue weighted by atomic mass is 9.91. The third kappa shape index (κ3) is 3.83. The summed E-state index contributed by atoms with van der Waals surface area (Å²) < 4.78 is 12.9. The van der Waals surface area contributed by atoms with Crippen LogP contribution in [0.1, 0.15) is 50.5 Å². The zero-order valence-corrected chi connectivity index (χ0v) is 10.8. The molecule has 1 aromatic carbocycles. The van der Waals surface area contributed by atoms with Crippen LogP contribution in [0, 0.1) is 5.82 Å². The van der Waals surface area contributed by atoms with Crippen molar-refractivity contribution in [3.8, 4) is 0 Å². The second-order valence-corrected chi connectivity index (χ2v) is 5.08. The zero-order valence-electron chi connectivity index (χ0n) is 10.8. The van der Waals surface area contributed by atoms with Gasteiger partial charge >= 0.3 is 0 Å². The van der Waals surface area contributed by atoms with E-state index >= 15 is 0 Å². The number of halogens is 1. The van der Waals surface area contributed by atoms with E-state index in [2.05, 4.69) is 12.2 Å². The zero-order chi connectivity index (χ0) is 13.0. The second-order valence-electron chi connectivity index (χ2n) is 5.08. The van der Waals surface area contributed by atoms with Crippen molar-refractivity contribution in [1.82, 2.24) is 5.32 Å². The van der Waals surface area contributed by atoms with Gasteiger partial charge in [0.15, 0.2) is 0 Å². The van der Waals surface area contributed by atoms with Crippen LogP contribution >= 0.6 is 0 Å². The molecule has 0 heterocycles. The molecule has 1 unspecified atom stereocenters. The lowest BCUT2D eigenvalue weighted by Crippen LogP contribution is -2.26. The van der Waals surface area contributed by atoms with Gasteiger partial charge in [0.1, 0.15) is 5.82 Å². The van der Waals surface area contributed by atoms with Crippen molar-refractivity contribution in [1.29, 1.82) is 0 Å². The third-order valence-electron chi connectivity index (χ3n) is 3.35. The second kappa shape index (κ2) is 5.98. The van der Waals surface area contributed by atoms with E-state index < -0.39 is 0 Å². The van der Waals surface area contributed by atoms with E-state index in [1.807, 2.05) is 0 Å². The molecule has 0 spiro atoms. The van der Waals surface area contributed by atoms with Crippen LogP contribution in [-0.2, 0) is 4.79 Å². The first-order valence-corrected chi connectivity index (χ1v) is 6.74. The lowest BCUT2D eigenvalue weighted by molar-refractivity contribution is -0.121. The first kappa shape index (κ1) is 13.1. The van der Waals surface area contributed by atoms with Gasteiger partial charge in [-0.25, -0.2) is 4.39 Å². The van der Waals surface area contributed by atoms with Crippen molar-refractivity contribution >= 4 is 5.91 Å². The van der Waals surface area contributed by atoms with Gasteiger partial charge in [0.2, 0.25) is 5.91 Å². The molecule has 1 N–H and O–H groups in total. The van der Waals surface area contributed by atoms with Crippen LogP contribution in [0.3, 0.4) is 0 Å². The molecular weight excluding hydrogens is 229 g/mol. The van der Waals surface area contributed by atoms with Crippen LogP contribution < -0.4 is 5.32 Å². The smallest absolute Gasteiger partial charge is 0.220 e. The van der Waals surface area contributed by atoms with E-state index in [0.717, 1.165) is 31.2 Å². The molecule has 0 saturated heterocycles. The van der Waals surface area contributed by atoms with Crippen molar-refractivity contribution in [2.24, 2.45) is 0 Å². The van der Waals surface area contributed by atoms with Crippen LogP contribution in [-0.4, -0.2) is 11.9 Å². The monoisotopic (exact) mass is 249 g/mol. The van der Waals surface area contributed by atoms with Crippen LogP contribution in [0.4, 0.5) is 4.39 Å². The Morgan fingerprint density at radius 3 is 2.61 bits per heavy atom.